The first-order valence-corrected chi connectivity index (χ1v) is 11.5. The largest absolute Gasteiger partial charge is 0.497 e. The van der Waals surface area contributed by atoms with Gasteiger partial charge in [0, 0.05) is 21.5 Å². The molecule has 3 aromatic carbocycles. The van der Waals surface area contributed by atoms with Gasteiger partial charge in [-0.1, -0.05) is 54.1 Å². The van der Waals surface area contributed by atoms with E-state index in [0.717, 1.165) is 32.6 Å². The van der Waals surface area contributed by atoms with Gasteiger partial charge < -0.3 is 10.5 Å². The van der Waals surface area contributed by atoms with Crippen LogP contribution in [0.1, 0.15) is 15.2 Å². The fraction of sp³-hybridized carbons (Fsp3) is 0.0370. The van der Waals surface area contributed by atoms with Crippen LogP contribution in [-0.2, 0) is 0 Å². The standard InChI is InChI=1S/C27H19ClN2O2S/c1-32-20-13-9-18(10-14-20)25(31)26-24(29)23-21(16-7-11-19(28)12-8-16)15-22(30-27(23)33-26)17-5-3-2-4-6-17/h2-15H,29H2,1H3. The molecule has 33 heavy (non-hydrogen) atoms. The van der Waals surface area contributed by atoms with E-state index in [4.69, 9.17) is 27.1 Å². The molecule has 4 nitrogen and oxygen atoms in total. The van der Waals surface area contributed by atoms with Crippen molar-refractivity contribution in [1.82, 2.24) is 4.98 Å². The second-order valence-electron chi connectivity index (χ2n) is 7.51. The lowest BCUT2D eigenvalue weighted by molar-refractivity contribution is 0.104. The number of hydrogen-bond acceptors (Lipinski definition) is 5. The first kappa shape index (κ1) is 21.2. The topological polar surface area (TPSA) is 65.2 Å². The Bertz CT molecular complexity index is 1460. The zero-order chi connectivity index (χ0) is 22.9. The van der Waals surface area contributed by atoms with E-state index in [2.05, 4.69) is 0 Å². The summed E-state index contributed by atoms with van der Waals surface area (Å²) in [5, 5.41) is 1.43. The van der Waals surface area contributed by atoms with Crippen LogP contribution in [0.4, 0.5) is 5.69 Å². The molecule has 2 N–H and O–H groups in total. The Morgan fingerprint density at radius 3 is 2.30 bits per heavy atom. The van der Waals surface area contributed by atoms with Crippen molar-refractivity contribution in [3.05, 3.63) is 100 Å². The van der Waals surface area contributed by atoms with Crippen molar-refractivity contribution < 1.29 is 9.53 Å². The molecule has 0 fully saturated rings. The first-order valence-electron chi connectivity index (χ1n) is 10.3. The van der Waals surface area contributed by atoms with Crippen LogP contribution in [0.25, 0.3) is 32.6 Å². The van der Waals surface area contributed by atoms with Crippen LogP contribution in [0.15, 0.2) is 84.9 Å². The molecule has 2 aromatic heterocycles. The van der Waals surface area contributed by atoms with E-state index in [9.17, 15) is 4.79 Å². The number of hydrogen-bond donors (Lipinski definition) is 1. The molecular weight excluding hydrogens is 452 g/mol. The highest BCUT2D eigenvalue weighted by Crippen LogP contribution is 2.42. The van der Waals surface area contributed by atoms with Gasteiger partial charge in [0.15, 0.2) is 0 Å². The van der Waals surface area contributed by atoms with E-state index in [0.29, 0.717) is 26.9 Å². The van der Waals surface area contributed by atoms with Gasteiger partial charge in [0.25, 0.3) is 0 Å². The van der Waals surface area contributed by atoms with E-state index in [-0.39, 0.29) is 5.78 Å². The molecule has 2 heterocycles. The molecule has 0 saturated carbocycles. The summed E-state index contributed by atoms with van der Waals surface area (Å²) in [4.78, 5) is 19.4. The van der Waals surface area contributed by atoms with Crippen molar-refractivity contribution in [3.63, 3.8) is 0 Å². The number of rotatable bonds is 5. The maximum Gasteiger partial charge on any atom is 0.205 e. The number of carbonyl (C=O) groups excluding carboxylic acids is 1. The minimum Gasteiger partial charge on any atom is -0.497 e. The average molecular weight is 471 g/mol. The molecule has 6 heteroatoms. The van der Waals surface area contributed by atoms with Crippen LogP contribution in [0.3, 0.4) is 0 Å². The molecule has 0 aliphatic carbocycles. The third kappa shape index (κ3) is 3.97. The molecule has 162 valence electrons. The lowest BCUT2D eigenvalue weighted by Crippen LogP contribution is -2.02. The van der Waals surface area contributed by atoms with E-state index in [1.807, 2.05) is 60.7 Å². The monoisotopic (exact) mass is 470 g/mol. The maximum absolute atomic E-state index is 13.3. The van der Waals surface area contributed by atoms with Gasteiger partial charge >= 0.3 is 0 Å². The Labute approximate surface area is 200 Å². The van der Waals surface area contributed by atoms with Crippen molar-refractivity contribution in [2.45, 2.75) is 0 Å². The molecule has 0 amide bonds. The quantitative estimate of drug-likeness (QED) is 0.278. The Morgan fingerprint density at radius 2 is 1.64 bits per heavy atom. The van der Waals surface area contributed by atoms with Crippen LogP contribution in [0.5, 0.6) is 5.75 Å². The van der Waals surface area contributed by atoms with Gasteiger partial charge in [0.05, 0.1) is 18.5 Å². The second kappa shape index (κ2) is 8.70. The number of ketones is 1. The SMILES string of the molecule is COc1ccc(C(=O)c2sc3nc(-c4ccccc4)cc(-c4ccc(Cl)cc4)c3c2N)cc1. The summed E-state index contributed by atoms with van der Waals surface area (Å²) >= 11 is 7.44. The van der Waals surface area contributed by atoms with Crippen LogP contribution in [-0.4, -0.2) is 17.9 Å². The number of halogens is 1. The Kier molecular flexibility index (Phi) is 5.58. The number of thiophene rings is 1. The molecule has 0 aliphatic heterocycles. The van der Waals surface area contributed by atoms with Crippen molar-refractivity contribution in [1.29, 1.82) is 0 Å². The van der Waals surface area contributed by atoms with E-state index >= 15 is 0 Å². The zero-order valence-corrected chi connectivity index (χ0v) is 19.3. The number of carbonyl (C=O) groups is 1. The van der Waals surface area contributed by atoms with Gasteiger partial charge in [-0.2, -0.15) is 0 Å². The number of ether oxygens (including phenoxy) is 1. The maximum atomic E-state index is 13.3. The predicted molar refractivity (Wildman–Crippen MR) is 136 cm³/mol. The summed E-state index contributed by atoms with van der Waals surface area (Å²) in [5.41, 5.74) is 11.3. The summed E-state index contributed by atoms with van der Waals surface area (Å²) in [6.07, 6.45) is 0. The first-order chi connectivity index (χ1) is 16.0. The third-order valence-electron chi connectivity index (χ3n) is 5.48. The molecule has 0 spiro atoms. The number of methoxy groups -OCH3 is 1. The fourth-order valence-corrected chi connectivity index (χ4v) is 4.98. The smallest absolute Gasteiger partial charge is 0.205 e. The molecule has 0 radical (unpaired) electrons. The Morgan fingerprint density at radius 1 is 0.939 bits per heavy atom. The Balaban J connectivity index is 1.72. The van der Waals surface area contributed by atoms with Gasteiger partial charge in [-0.3, -0.25) is 4.79 Å². The van der Waals surface area contributed by atoms with E-state index in [1.165, 1.54) is 11.3 Å². The zero-order valence-electron chi connectivity index (χ0n) is 17.7. The average Bonchev–Trinajstić information content (AvgIpc) is 3.20. The van der Waals surface area contributed by atoms with E-state index < -0.39 is 0 Å². The van der Waals surface area contributed by atoms with Crippen LogP contribution < -0.4 is 10.5 Å². The number of nitrogen functional groups attached to an aromatic ring is 1. The number of fused-ring (bicyclic) bond motifs is 1. The summed E-state index contributed by atoms with van der Waals surface area (Å²) in [6.45, 7) is 0. The molecular formula is C27H19ClN2O2S. The number of nitrogens with zero attached hydrogens (tertiary/aromatic N) is 1. The summed E-state index contributed by atoms with van der Waals surface area (Å²) in [5.74, 6) is 0.552. The lowest BCUT2D eigenvalue weighted by Gasteiger charge is -2.09. The number of nitrogens with two attached hydrogens (primary N) is 1. The molecule has 5 aromatic rings. The van der Waals surface area contributed by atoms with Crippen LogP contribution in [0, 0.1) is 0 Å². The molecule has 0 bridgehead atoms. The van der Waals surface area contributed by atoms with Gasteiger partial charge in [-0.15, -0.1) is 11.3 Å². The normalized spacial score (nSPS) is 11.0. The van der Waals surface area contributed by atoms with Crippen molar-refractivity contribution in [2.24, 2.45) is 0 Å². The van der Waals surface area contributed by atoms with Gasteiger partial charge in [0.2, 0.25) is 5.78 Å². The minimum atomic E-state index is -0.138. The number of anilines is 1. The third-order valence-corrected chi connectivity index (χ3v) is 6.83. The number of pyridine rings is 1. The van der Waals surface area contributed by atoms with E-state index in [1.54, 1.807) is 31.4 Å². The van der Waals surface area contributed by atoms with Crippen molar-refractivity contribution >= 4 is 44.6 Å². The molecule has 5 rings (SSSR count). The minimum absolute atomic E-state index is 0.138. The van der Waals surface area contributed by atoms with Crippen molar-refractivity contribution in [2.75, 3.05) is 12.8 Å². The van der Waals surface area contributed by atoms with Gasteiger partial charge in [0.1, 0.15) is 15.5 Å². The highest BCUT2D eigenvalue weighted by molar-refractivity contribution is 7.21. The molecule has 0 saturated heterocycles. The van der Waals surface area contributed by atoms with Gasteiger partial charge in [-0.05, 0) is 53.6 Å². The van der Waals surface area contributed by atoms with Crippen LogP contribution >= 0.6 is 22.9 Å². The van der Waals surface area contributed by atoms with Gasteiger partial charge in [-0.25, -0.2) is 4.98 Å². The molecule has 0 atom stereocenters. The van der Waals surface area contributed by atoms with Crippen molar-refractivity contribution in [3.8, 4) is 28.1 Å². The summed E-state index contributed by atoms with van der Waals surface area (Å²) < 4.78 is 5.20. The fourth-order valence-electron chi connectivity index (χ4n) is 3.78. The second-order valence-corrected chi connectivity index (χ2v) is 8.95. The number of benzene rings is 3. The summed E-state index contributed by atoms with van der Waals surface area (Å²) in [6, 6.07) is 26.6. The highest BCUT2D eigenvalue weighted by Gasteiger charge is 2.22. The lowest BCUT2D eigenvalue weighted by atomic mass is 9.99. The Hall–Kier alpha value is -3.67. The van der Waals surface area contributed by atoms with Crippen LogP contribution in [0.2, 0.25) is 5.02 Å². The predicted octanol–water partition coefficient (Wildman–Crippen LogP) is 7.11. The number of aromatic nitrogens is 1. The summed E-state index contributed by atoms with van der Waals surface area (Å²) in [7, 11) is 1.59. The highest BCUT2D eigenvalue weighted by atomic mass is 35.5. The molecule has 0 aliphatic rings. The molecule has 0 unspecified atom stereocenters.